The Bertz CT molecular complexity index is 880. The van der Waals surface area contributed by atoms with Gasteiger partial charge < -0.3 is 10.0 Å². The number of carbonyl (C=O) groups excluding carboxylic acids is 1. The SMILES string of the molecule is C[C@H]1C[C@]2(CCN1C(=O)O)C(=N[C@@H]1CCCC[C@H]1F)NC(=O)N2c1cccc(F)c1. The number of nitrogens with one attached hydrogen (secondary N) is 1. The Hall–Kier alpha value is -2.71. The number of benzene rings is 1. The van der Waals surface area contributed by atoms with Crippen molar-refractivity contribution in [1.29, 1.82) is 0 Å². The largest absolute Gasteiger partial charge is 0.465 e. The molecule has 4 atom stereocenters. The van der Waals surface area contributed by atoms with Crippen molar-refractivity contribution < 1.29 is 23.5 Å². The fraction of sp³-hybridized carbons (Fsp3) is 0.571. The zero-order valence-corrected chi connectivity index (χ0v) is 16.9. The van der Waals surface area contributed by atoms with Crippen LogP contribution in [0.25, 0.3) is 0 Å². The average Bonchev–Trinajstić information content (AvgIpc) is 2.94. The van der Waals surface area contributed by atoms with Crippen molar-refractivity contribution in [2.24, 2.45) is 4.99 Å². The van der Waals surface area contributed by atoms with Gasteiger partial charge in [0.15, 0.2) is 0 Å². The van der Waals surface area contributed by atoms with Gasteiger partial charge in [0.25, 0.3) is 0 Å². The molecule has 9 heteroatoms. The van der Waals surface area contributed by atoms with Crippen LogP contribution >= 0.6 is 0 Å². The highest BCUT2D eigenvalue weighted by atomic mass is 19.1. The fourth-order valence-corrected chi connectivity index (χ4v) is 5.01. The van der Waals surface area contributed by atoms with Gasteiger partial charge in [-0.25, -0.2) is 18.4 Å². The van der Waals surface area contributed by atoms with Crippen molar-refractivity contribution in [2.75, 3.05) is 11.4 Å². The smallest absolute Gasteiger partial charge is 0.407 e. The minimum absolute atomic E-state index is 0.194. The van der Waals surface area contributed by atoms with E-state index in [1.54, 1.807) is 13.0 Å². The summed E-state index contributed by atoms with van der Waals surface area (Å²) >= 11 is 0. The Morgan fingerprint density at radius 3 is 2.77 bits per heavy atom. The number of rotatable bonds is 2. The summed E-state index contributed by atoms with van der Waals surface area (Å²) in [5.41, 5.74) is -0.595. The van der Waals surface area contributed by atoms with Crippen LogP contribution in [0, 0.1) is 5.82 Å². The number of likely N-dealkylation sites (tertiary alicyclic amines) is 1. The van der Waals surface area contributed by atoms with Gasteiger partial charge in [0.1, 0.15) is 23.4 Å². The Morgan fingerprint density at radius 2 is 2.10 bits per heavy atom. The molecule has 30 heavy (non-hydrogen) atoms. The van der Waals surface area contributed by atoms with Crippen molar-refractivity contribution in [1.82, 2.24) is 10.2 Å². The number of urea groups is 1. The molecule has 0 aromatic heterocycles. The number of alkyl halides is 1. The van der Waals surface area contributed by atoms with Crippen molar-refractivity contribution >= 4 is 23.6 Å². The molecule has 1 spiro atoms. The van der Waals surface area contributed by atoms with Crippen LogP contribution in [-0.2, 0) is 0 Å². The van der Waals surface area contributed by atoms with Gasteiger partial charge in [-0.1, -0.05) is 18.9 Å². The number of carboxylic acid groups (broad SMARTS) is 1. The van der Waals surface area contributed by atoms with E-state index in [1.807, 2.05) is 0 Å². The Kier molecular flexibility index (Phi) is 5.38. The predicted molar refractivity (Wildman–Crippen MR) is 108 cm³/mol. The Labute approximate surface area is 173 Å². The van der Waals surface area contributed by atoms with Crippen molar-refractivity contribution in [2.45, 2.75) is 69.2 Å². The van der Waals surface area contributed by atoms with Gasteiger partial charge in [0.05, 0.1) is 6.04 Å². The number of amidine groups is 1. The van der Waals surface area contributed by atoms with E-state index in [1.165, 1.54) is 28.0 Å². The molecule has 0 bridgehead atoms. The predicted octanol–water partition coefficient (Wildman–Crippen LogP) is 3.94. The van der Waals surface area contributed by atoms with E-state index in [2.05, 4.69) is 10.3 Å². The van der Waals surface area contributed by atoms with Gasteiger partial charge in [0, 0.05) is 18.3 Å². The second-order valence-corrected chi connectivity index (χ2v) is 8.40. The first kappa shape index (κ1) is 20.6. The molecule has 1 aromatic rings. The van der Waals surface area contributed by atoms with Gasteiger partial charge in [-0.2, -0.15) is 0 Å². The van der Waals surface area contributed by atoms with Crippen LogP contribution in [-0.4, -0.2) is 58.3 Å². The van der Waals surface area contributed by atoms with E-state index >= 15 is 0 Å². The van der Waals surface area contributed by atoms with Gasteiger partial charge in [-0.05, 0) is 50.8 Å². The molecule has 2 heterocycles. The second kappa shape index (κ2) is 7.85. The molecular weight excluding hydrogens is 394 g/mol. The van der Waals surface area contributed by atoms with E-state index in [0.717, 1.165) is 12.8 Å². The first-order chi connectivity index (χ1) is 14.3. The first-order valence-corrected chi connectivity index (χ1v) is 10.4. The monoisotopic (exact) mass is 420 g/mol. The van der Waals surface area contributed by atoms with Gasteiger partial charge in [0.2, 0.25) is 0 Å². The lowest BCUT2D eigenvalue weighted by atomic mass is 9.81. The number of carbonyl (C=O) groups is 2. The maximum atomic E-state index is 14.5. The summed E-state index contributed by atoms with van der Waals surface area (Å²) in [6.45, 7) is 1.97. The summed E-state index contributed by atoms with van der Waals surface area (Å²) in [7, 11) is 0. The molecule has 162 valence electrons. The molecule has 1 aromatic carbocycles. The third kappa shape index (κ3) is 3.50. The second-order valence-electron chi connectivity index (χ2n) is 8.40. The number of amides is 3. The molecule has 4 rings (SSSR count). The summed E-state index contributed by atoms with van der Waals surface area (Å²) < 4.78 is 28.4. The maximum Gasteiger partial charge on any atom is 0.407 e. The van der Waals surface area contributed by atoms with E-state index < -0.39 is 41.7 Å². The van der Waals surface area contributed by atoms with E-state index in [4.69, 9.17) is 0 Å². The normalized spacial score (nSPS) is 33.2. The quantitative estimate of drug-likeness (QED) is 0.760. The highest BCUT2D eigenvalue weighted by Crippen LogP contribution is 2.40. The van der Waals surface area contributed by atoms with Crippen LogP contribution < -0.4 is 10.2 Å². The highest BCUT2D eigenvalue weighted by molar-refractivity contribution is 6.19. The van der Waals surface area contributed by atoms with Crippen LogP contribution in [0.1, 0.15) is 45.4 Å². The Morgan fingerprint density at radius 1 is 1.33 bits per heavy atom. The molecular formula is C21H26F2N4O3. The third-order valence-electron chi connectivity index (χ3n) is 6.48. The summed E-state index contributed by atoms with van der Waals surface area (Å²) in [6.07, 6.45) is 1.23. The molecule has 1 saturated carbocycles. The lowest BCUT2D eigenvalue weighted by molar-refractivity contribution is 0.100. The molecule has 2 aliphatic heterocycles. The molecule has 3 fully saturated rings. The average molecular weight is 420 g/mol. The van der Waals surface area contributed by atoms with Gasteiger partial charge in [-0.3, -0.25) is 15.2 Å². The summed E-state index contributed by atoms with van der Waals surface area (Å²) in [6, 6.07) is 4.35. The van der Waals surface area contributed by atoms with E-state index in [0.29, 0.717) is 30.8 Å². The van der Waals surface area contributed by atoms with Crippen molar-refractivity contribution in [3.05, 3.63) is 30.1 Å². The van der Waals surface area contributed by atoms with E-state index in [-0.39, 0.29) is 13.0 Å². The summed E-state index contributed by atoms with van der Waals surface area (Å²) in [5, 5.41) is 12.3. The van der Waals surface area contributed by atoms with Crippen LogP contribution in [0.2, 0.25) is 0 Å². The zero-order valence-electron chi connectivity index (χ0n) is 16.9. The molecule has 3 amide bonds. The minimum Gasteiger partial charge on any atom is -0.465 e. The topological polar surface area (TPSA) is 85.2 Å². The molecule has 7 nitrogen and oxygen atoms in total. The van der Waals surface area contributed by atoms with Crippen LogP contribution in [0.3, 0.4) is 0 Å². The van der Waals surface area contributed by atoms with Crippen LogP contribution in [0.15, 0.2) is 29.3 Å². The highest BCUT2D eigenvalue weighted by Gasteiger charge is 2.55. The summed E-state index contributed by atoms with van der Waals surface area (Å²) in [4.78, 5) is 32.0. The van der Waals surface area contributed by atoms with Crippen LogP contribution in [0.4, 0.5) is 24.1 Å². The first-order valence-electron chi connectivity index (χ1n) is 10.4. The Balaban J connectivity index is 1.77. The minimum atomic E-state index is -1.07. The standard InChI is InChI=1S/C21H26F2N4O3/c1-13-12-21(9-10-26(13)20(29)30)18(24-17-8-3-2-7-16(17)23)25-19(28)27(21)15-6-4-5-14(22)11-15/h4-6,11,13,16-17H,2-3,7-10,12H2,1H3,(H,29,30)(H,24,25,28)/t13-,16+,17+,21+/m0/s1. The number of piperidine rings is 1. The number of hydrogen-bond acceptors (Lipinski definition) is 3. The van der Waals surface area contributed by atoms with Gasteiger partial charge in [-0.15, -0.1) is 0 Å². The lowest BCUT2D eigenvalue weighted by Crippen LogP contribution is -2.60. The van der Waals surface area contributed by atoms with Crippen molar-refractivity contribution in [3.63, 3.8) is 0 Å². The number of halogens is 2. The zero-order chi connectivity index (χ0) is 21.5. The molecule has 0 radical (unpaired) electrons. The summed E-state index contributed by atoms with van der Waals surface area (Å²) in [5.74, 6) is -0.115. The maximum absolute atomic E-state index is 14.5. The number of hydrogen-bond donors (Lipinski definition) is 2. The van der Waals surface area contributed by atoms with Gasteiger partial charge >= 0.3 is 12.1 Å². The number of anilines is 1. The fourth-order valence-electron chi connectivity index (χ4n) is 5.01. The molecule has 2 saturated heterocycles. The molecule has 2 N–H and O–H groups in total. The van der Waals surface area contributed by atoms with E-state index in [9.17, 15) is 23.5 Å². The van der Waals surface area contributed by atoms with Crippen molar-refractivity contribution in [3.8, 4) is 0 Å². The van der Waals surface area contributed by atoms with Crippen LogP contribution in [0.5, 0.6) is 0 Å². The number of aliphatic imine (C=N–C) groups is 1. The third-order valence-corrected chi connectivity index (χ3v) is 6.48. The molecule has 1 aliphatic carbocycles. The molecule has 3 aliphatic rings. The molecule has 0 unspecified atom stereocenters. The number of nitrogens with zero attached hydrogens (tertiary/aromatic N) is 3. The lowest BCUT2D eigenvalue weighted by Gasteiger charge is -2.46.